The monoisotopic (exact) mass is 447 g/mol. The molecule has 1 saturated heterocycles. The van der Waals surface area contributed by atoms with Crippen molar-refractivity contribution < 1.29 is 9.18 Å². The summed E-state index contributed by atoms with van der Waals surface area (Å²) in [7, 11) is 1.91. The average molecular weight is 448 g/mol. The van der Waals surface area contributed by atoms with Crippen molar-refractivity contribution in [2.45, 2.75) is 20.0 Å². The Labute approximate surface area is 191 Å². The first-order valence-electron chi connectivity index (χ1n) is 11.0. The first-order chi connectivity index (χ1) is 16.0. The number of hydrogen-bond donors (Lipinski definition) is 0. The predicted octanol–water partition coefficient (Wildman–Crippen LogP) is 2.62. The maximum Gasteiger partial charge on any atom is 0.244 e. The summed E-state index contributed by atoms with van der Waals surface area (Å²) in [6.45, 7) is 5.92. The molecule has 1 aromatic carbocycles. The molecular weight excluding hydrogens is 421 g/mol. The molecule has 1 aliphatic rings. The maximum absolute atomic E-state index is 13.4. The van der Waals surface area contributed by atoms with Crippen molar-refractivity contribution in [3.63, 3.8) is 0 Å². The molecule has 0 spiro atoms. The van der Waals surface area contributed by atoms with E-state index in [-0.39, 0.29) is 18.3 Å². The lowest BCUT2D eigenvalue weighted by Crippen LogP contribution is -2.49. The van der Waals surface area contributed by atoms with Crippen LogP contribution in [-0.2, 0) is 24.9 Å². The number of amides is 1. The van der Waals surface area contributed by atoms with Crippen LogP contribution >= 0.6 is 0 Å². The second-order valence-electron chi connectivity index (χ2n) is 8.49. The molecule has 170 valence electrons. The van der Waals surface area contributed by atoms with E-state index >= 15 is 0 Å². The van der Waals surface area contributed by atoms with Crippen LogP contribution in [0.4, 0.5) is 4.39 Å². The molecule has 0 saturated carbocycles. The van der Waals surface area contributed by atoms with Crippen molar-refractivity contribution in [2.24, 2.45) is 7.05 Å². The molecule has 0 aliphatic carbocycles. The number of nitrogens with zero attached hydrogens (tertiary/aromatic N) is 7. The Bertz CT molecular complexity index is 1290. The van der Waals surface area contributed by atoms with Crippen molar-refractivity contribution in [2.75, 3.05) is 26.2 Å². The number of carbonyl (C=O) groups is 1. The smallest absolute Gasteiger partial charge is 0.244 e. The van der Waals surface area contributed by atoms with E-state index in [4.69, 9.17) is 0 Å². The summed E-state index contributed by atoms with van der Waals surface area (Å²) in [6.07, 6.45) is 5.62. The highest BCUT2D eigenvalue weighted by Crippen LogP contribution is 2.30. The van der Waals surface area contributed by atoms with Crippen molar-refractivity contribution in [1.29, 1.82) is 0 Å². The molecule has 3 aromatic heterocycles. The first kappa shape index (κ1) is 21.3. The third kappa shape index (κ3) is 4.36. The number of piperazine rings is 1. The van der Waals surface area contributed by atoms with Gasteiger partial charge in [-0.15, -0.1) is 0 Å². The van der Waals surface area contributed by atoms with Gasteiger partial charge in [-0.3, -0.25) is 14.4 Å². The van der Waals surface area contributed by atoms with Crippen LogP contribution in [0, 0.1) is 12.7 Å². The van der Waals surface area contributed by atoms with E-state index in [9.17, 15) is 9.18 Å². The lowest BCUT2D eigenvalue weighted by Gasteiger charge is -2.34. The number of aromatic nitrogens is 5. The summed E-state index contributed by atoms with van der Waals surface area (Å²) in [5.74, 6) is -0.239. The van der Waals surface area contributed by atoms with Gasteiger partial charge in [-0.05, 0) is 36.2 Å². The highest BCUT2D eigenvalue weighted by atomic mass is 19.1. The van der Waals surface area contributed by atoms with Crippen molar-refractivity contribution in [1.82, 2.24) is 34.3 Å². The Kier molecular flexibility index (Phi) is 5.63. The number of rotatable bonds is 5. The third-order valence-electron chi connectivity index (χ3n) is 6.14. The standard InChI is InChI=1S/C24H26FN7O/c1-17-23-21(19-3-5-20(25)6-4-19)7-8-26-24(23)32(28-17)16-22(33)31-11-9-30(10-12-31)15-18-13-27-29(2)14-18/h3-8,13-14H,9-12,15-16H2,1-2H3. The second kappa shape index (κ2) is 8.74. The molecular formula is C24H26FN7O. The van der Waals surface area contributed by atoms with Crippen molar-refractivity contribution in [3.05, 3.63) is 66.0 Å². The zero-order valence-electron chi connectivity index (χ0n) is 18.8. The second-order valence-corrected chi connectivity index (χ2v) is 8.49. The Morgan fingerprint density at radius 1 is 1.09 bits per heavy atom. The van der Waals surface area contributed by atoms with Crippen LogP contribution in [0.5, 0.6) is 0 Å². The molecule has 0 radical (unpaired) electrons. The average Bonchev–Trinajstić information content (AvgIpc) is 3.37. The lowest BCUT2D eigenvalue weighted by atomic mass is 10.0. The van der Waals surface area contributed by atoms with E-state index in [1.54, 1.807) is 27.7 Å². The topological polar surface area (TPSA) is 72.1 Å². The van der Waals surface area contributed by atoms with Gasteiger partial charge in [-0.1, -0.05) is 12.1 Å². The number of pyridine rings is 1. The van der Waals surface area contributed by atoms with E-state index < -0.39 is 0 Å². The van der Waals surface area contributed by atoms with Gasteiger partial charge in [0.15, 0.2) is 5.65 Å². The van der Waals surface area contributed by atoms with Crippen LogP contribution in [0.1, 0.15) is 11.3 Å². The molecule has 1 aliphatic heterocycles. The largest absolute Gasteiger partial charge is 0.339 e. The van der Waals surface area contributed by atoms with E-state index in [2.05, 4.69) is 20.1 Å². The summed E-state index contributed by atoms with van der Waals surface area (Å²) in [5, 5.41) is 9.72. The summed E-state index contributed by atoms with van der Waals surface area (Å²) in [5.41, 5.74) is 4.46. The highest BCUT2D eigenvalue weighted by molar-refractivity contribution is 5.95. The molecule has 4 heterocycles. The van der Waals surface area contributed by atoms with Gasteiger partial charge in [0.2, 0.25) is 5.91 Å². The van der Waals surface area contributed by atoms with Crippen LogP contribution in [0.2, 0.25) is 0 Å². The Balaban J connectivity index is 1.29. The minimum absolute atomic E-state index is 0.0365. The zero-order chi connectivity index (χ0) is 22.9. The Morgan fingerprint density at radius 2 is 1.85 bits per heavy atom. The van der Waals surface area contributed by atoms with E-state index in [1.807, 2.05) is 37.3 Å². The van der Waals surface area contributed by atoms with Crippen LogP contribution in [0.3, 0.4) is 0 Å². The van der Waals surface area contributed by atoms with Gasteiger partial charge < -0.3 is 4.90 Å². The maximum atomic E-state index is 13.4. The van der Waals surface area contributed by atoms with Gasteiger partial charge in [-0.2, -0.15) is 10.2 Å². The normalized spacial score (nSPS) is 14.8. The number of carbonyl (C=O) groups excluding carboxylic acids is 1. The van der Waals surface area contributed by atoms with Crippen LogP contribution in [0.25, 0.3) is 22.2 Å². The summed E-state index contributed by atoms with van der Waals surface area (Å²) >= 11 is 0. The molecule has 8 nitrogen and oxygen atoms in total. The van der Waals surface area contributed by atoms with Crippen LogP contribution < -0.4 is 0 Å². The number of fused-ring (bicyclic) bond motifs is 1. The third-order valence-corrected chi connectivity index (χ3v) is 6.14. The van der Waals surface area contributed by atoms with Gasteiger partial charge in [0.25, 0.3) is 0 Å². The molecule has 5 rings (SSSR count). The summed E-state index contributed by atoms with van der Waals surface area (Å²) < 4.78 is 16.9. The fourth-order valence-electron chi connectivity index (χ4n) is 4.46. The summed E-state index contributed by atoms with van der Waals surface area (Å²) in [6, 6.07) is 8.28. The molecule has 0 bridgehead atoms. The van der Waals surface area contributed by atoms with E-state index in [0.29, 0.717) is 18.7 Å². The summed E-state index contributed by atoms with van der Waals surface area (Å²) in [4.78, 5) is 21.8. The molecule has 1 fully saturated rings. The Morgan fingerprint density at radius 3 is 2.55 bits per heavy atom. The SMILES string of the molecule is Cc1nn(CC(=O)N2CCN(Cc3cnn(C)c3)CC2)c2nccc(-c3ccc(F)cc3)c12. The highest BCUT2D eigenvalue weighted by Gasteiger charge is 2.23. The molecule has 1 amide bonds. The Hall–Kier alpha value is -3.59. The van der Waals surface area contributed by atoms with Gasteiger partial charge >= 0.3 is 0 Å². The first-order valence-corrected chi connectivity index (χ1v) is 11.0. The number of hydrogen-bond acceptors (Lipinski definition) is 5. The molecule has 0 atom stereocenters. The molecule has 4 aromatic rings. The van der Waals surface area contributed by atoms with Crippen LogP contribution in [0.15, 0.2) is 48.9 Å². The van der Waals surface area contributed by atoms with Gasteiger partial charge in [-0.25, -0.2) is 14.1 Å². The molecule has 9 heteroatoms. The van der Waals surface area contributed by atoms with E-state index in [0.717, 1.165) is 41.8 Å². The lowest BCUT2D eigenvalue weighted by molar-refractivity contribution is -0.133. The number of benzene rings is 1. The zero-order valence-corrected chi connectivity index (χ0v) is 18.8. The van der Waals surface area contributed by atoms with Gasteiger partial charge in [0.1, 0.15) is 12.4 Å². The minimum atomic E-state index is -0.275. The van der Waals surface area contributed by atoms with Crippen molar-refractivity contribution >= 4 is 16.9 Å². The number of aryl methyl sites for hydroxylation is 2. The fourth-order valence-corrected chi connectivity index (χ4v) is 4.46. The molecule has 33 heavy (non-hydrogen) atoms. The van der Waals surface area contributed by atoms with Gasteiger partial charge in [0.05, 0.1) is 11.9 Å². The molecule has 0 unspecified atom stereocenters. The van der Waals surface area contributed by atoms with Crippen LogP contribution in [-0.4, -0.2) is 66.4 Å². The van der Waals surface area contributed by atoms with Crippen molar-refractivity contribution in [3.8, 4) is 11.1 Å². The quantitative estimate of drug-likeness (QED) is 0.470. The van der Waals surface area contributed by atoms with E-state index in [1.165, 1.54) is 17.7 Å². The minimum Gasteiger partial charge on any atom is -0.339 e. The number of halogens is 1. The fraction of sp³-hybridized carbons (Fsp3) is 0.333. The predicted molar refractivity (Wildman–Crippen MR) is 123 cm³/mol. The molecule has 0 N–H and O–H groups in total. The van der Waals surface area contributed by atoms with Gasteiger partial charge in [0, 0.05) is 63.1 Å².